The normalized spacial score (nSPS) is 13.8. The van der Waals surface area contributed by atoms with Crippen LogP contribution in [0.2, 0.25) is 0 Å². The zero-order valence-electron chi connectivity index (χ0n) is 34.0. The van der Waals surface area contributed by atoms with Crippen molar-refractivity contribution in [3.63, 3.8) is 0 Å². The van der Waals surface area contributed by atoms with Crippen LogP contribution in [0.15, 0.2) is 97.1 Å². The molecule has 0 saturated heterocycles. The first-order chi connectivity index (χ1) is 26.6. The summed E-state index contributed by atoms with van der Waals surface area (Å²) in [5.41, 5.74) is 7.26. The van der Waals surface area contributed by atoms with Gasteiger partial charge in [-0.3, -0.25) is 9.59 Å². The third-order valence-corrected chi connectivity index (χ3v) is 12.1. The lowest BCUT2D eigenvalue weighted by Crippen LogP contribution is -2.55. The first kappa shape index (κ1) is 42.0. The third-order valence-electron chi connectivity index (χ3n) is 9.57. The molecular formula is C45H57N3O7Si. The van der Waals surface area contributed by atoms with Crippen molar-refractivity contribution in [3.05, 3.63) is 114 Å². The highest BCUT2D eigenvalue weighted by molar-refractivity contribution is 6.80. The van der Waals surface area contributed by atoms with Crippen molar-refractivity contribution in [2.24, 2.45) is 11.1 Å². The van der Waals surface area contributed by atoms with E-state index in [4.69, 9.17) is 24.4 Å². The molecule has 11 heteroatoms. The Morgan fingerprint density at radius 1 is 0.839 bits per heavy atom. The molecule has 4 aromatic carbocycles. The number of amides is 3. The van der Waals surface area contributed by atoms with Crippen LogP contribution in [0.1, 0.15) is 76.9 Å². The van der Waals surface area contributed by atoms with Gasteiger partial charge >= 0.3 is 6.09 Å². The molecule has 0 spiro atoms. The molecule has 0 bridgehead atoms. The highest BCUT2D eigenvalue weighted by Gasteiger charge is 2.41. The van der Waals surface area contributed by atoms with Gasteiger partial charge in [-0.1, -0.05) is 99.6 Å². The van der Waals surface area contributed by atoms with Crippen LogP contribution in [0.4, 0.5) is 10.5 Å². The standard InChI is InChI=1S/C45H57N3O7Si/c1-9-52-37-22-16-17-23-38(37)53-27-26-47(43(51)54-45(6,7)8)31(2)28-32-29-33-24-25-48(39(33)36(30-32)41(46)49)42(50)40(44(3,4)5)55-56(34-18-12-10-13-19-34)35-20-14-11-15-21-35/h10-23,29-31,40,56H,9,24-28H2,1-8H3,(H2,46,49). The summed E-state index contributed by atoms with van der Waals surface area (Å²) in [6.45, 7) is 16.7. The van der Waals surface area contributed by atoms with Gasteiger partial charge < -0.3 is 34.2 Å². The van der Waals surface area contributed by atoms with E-state index in [9.17, 15) is 14.4 Å². The highest BCUT2D eigenvalue weighted by Crippen LogP contribution is 2.37. The Bertz CT molecular complexity index is 1920. The second-order valence-corrected chi connectivity index (χ2v) is 18.7. The van der Waals surface area contributed by atoms with Crippen LogP contribution in [0.25, 0.3) is 0 Å². The fourth-order valence-corrected chi connectivity index (χ4v) is 9.66. The summed E-state index contributed by atoms with van der Waals surface area (Å²) in [5.74, 6) is 0.388. The summed E-state index contributed by atoms with van der Waals surface area (Å²) in [6.07, 6.45) is -0.315. The zero-order chi connectivity index (χ0) is 40.6. The average molecular weight is 780 g/mol. The number of hydrogen-bond acceptors (Lipinski definition) is 7. The highest BCUT2D eigenvalue weighted by atomic mass is 28.3. The molecule has 2 unspecified atom stereocenters. The smallest absolute Gasteiger partial charge is 0.410 e. The van der Waals surface area contributed by atoms with Gasteiger partial charge in [-0.15, -0.1) is 0 Å². The first-order valence-corrected chi connectivity index (χ1v) is 21.1. The Morgan fingerprint density at radius 3 is 1.95 bits per heavy atom. The van der Waals surface area contributed by atoms with E-state index in [1.54, 1.807) is 15.9 Å². The van der Waals surface area contributed by atoms with Crippen LogP contribution in [-0.2, 0) is 26.8 Å². The van der Waals surface area contributed by atoms with E-state index in [-0.39, 0.29) is 30.7 Å². The number of carbonyl (C=O) groups is 3. The predicted octanol–water partition coefficient (Wildman–Crippen LogP) is 6.29. The molecule has 298 valence electrons. The topological polar surface area (TPSA) is 121 Å². The molecule has 4 aromatic rings. The molecule has 1 aliphatic rings. The number of carbonyl (C=O) groups excluding carboxylic acids is 3. The average Bonchev–Trinajstić information content (AvgIpc) is 3.57. The molecule has 0 aliphatic carbocycles. The van der Waals surface area contributed by atoms with Crippen molar-refractivity contribution in [1.29, 1.82) is 0 Å². The summed E-state index contributed by atoms with van der Waals surface area (Å²) in [6, 6.07) is 31.0. The number of hydrogen-bond donors (Lipinski definition) is 1. The fourth-order valence-electron chi connectivity index (χ4n) is 7.02. The number of benzene rings is 4. The number of ether oxygens (including phenoxy) is 3. The Balaban J connectivity index is 1.40. The van der Waals surface area contributed by atoms with Crippen LogP contribution in [-0.4, -0.2) is 75.9 Å². The van der Waals surface area contributed by atoms with E-state index in [0.717, 1.165) is 21.5 Å². The van der Waals surface area contributed by atoms with Gasteiger partial charge in [-0.05, 0) is 92.6 Å². The molecule has 56 heavy (non-hydrogen) atoms. The Hall–Kier alpha value is -5.13. The molecule has 1 heterocycles. The zero-order valence-corrected chi connectivity index (χ0v) is 35.2. The molecule has 3 amide bonds. The third kappa shape index (κ3) is 10.6. The lowest BCUT2D eigenvalue weighted by molar-refractivity contribution is -0.129. The van der Waals surface area contributed by atoms with Gasteiger partial charge in [0.2, 0.25) is 9.04 Å². The van der Waals surface area contributed by atoms with E-state index in [2.05, 4.69) is 24.3 Å². The van der Waals surface area contributed by atoms with Gasteiger partial charge in [-0.25, -0.2) is 4.79 Å². The monoisotopic (exact) mass is 779 g/mol. The maximum atomic E-state index is 14.7. The maximum absolute atomic E-state index is 14.7. The van der Waals surface area contributed by atoms with Crippen molar-refractivity contribution < 1.29 is 33.0 Å². The Morgan fingerprint density at radius 2 is 1.41 bits per heavy atom. The van der Waals surface area contributed by atoms with Gasteiger partial charge in [0.05, 0.1) is 24.4 Å². The van der Waals surface area contributed by atoms with Crippen molar-refractivity contribution in [2.45, 2.75) is 86.0 Å². The predicted molar refractivity (Wildman–Crippen MR) is 224 cm³/mol. The van der Waals surface area contributed by atoms with E-state index in [1.807, 2.05) is 122 Å². The number of anilines is 1. The molecule has 0 fully saturated rings. The minimum Gasteiger partial charge on any atom is -0.490 e. The number of fused-ring (bicyclic) bond motifs is 1. The van der Waals surface area contributed by atoms with Crippen molar-refractivity contribution in [2.75, 3.05) is 31.2 Å². The van der Waals surface area contributed by atoms with Crippen LogP contribution in [0.3, 0.4) is 0 Å². The van der Waals surface area contributed by atoms with Gasteiger partial charge in [0.25, 0.3) is 11.8 Å². The summed E-state index contributed by atoms with van der Waals surface area (Å²) in [5, 5.41) is 2.14. The lowest BCUT2D eigenvalue weighted by atomic mass is 9.88. The molecular weight excluding hydrogens is 723 g/mol. The number of para-hydroxylation sites is 2. The summed E-state index contributed by atoms with van der Waals surface area (Å²) < 4.78 is 24.6. The first-order valence-electron chi connectivity index (χ1n) is 19.4. The molecule has 10 nitrogen and oxygen atoms in total. The van der Waals surface area contributed by atoms with Crippen molar-refractivity contribution >= 4 is 43.0 Å². The lowest BCUT2D eigenvalue weighted by Gasteiger charge is -2.36. The summed E-state index contributed by atoms with van der Waals surface area (Å²) >= 11 is 0. The molecule has 2 atom stereocenters. The van der Waals surface area contributed by atoms with Crippen LogP contribution >= 0.6 is 0 Å². The Kier molecular flexibility index (Phi) is 13.7. The maximum Gasteiger partial charge on any atom is 0.410 e. The molecule has 0 aromatic heterocycles. The van der Waals surface area contributed by atoms with Gasteiger partial charge in [-0.2, -0.15) is 0 Å². The summed E-state index contributed by atoms with van der Waals surface area (Å²) in [7, 11) is -2.31. The van der Waals surface area contributed by atoms with E-state index in [0.29, 0.717) is 43.2 Å². The minimum atomic E-state index is -2.31. The van der Waals surface area contributed by atoms with E-state index in [1.165, 1.54) is 0 Å². The largest absolute Gasteiger partial charge is 0.490 e. The van der Waals surface area contributed by atoms with Crippen molar-refractivity contribution in [1.82, 2.24) is 4.90 Å². The van der Waals surface area contributed by atoms with Gasteiger partial charge in [0, 0.05) is 12.6 Å². The van der Waals surface area contributed by atoms with E-state index < -0.39 is 38.2 Å². The van der Waals surface area contributed by atoms with Crippen LogP contribution in [0.5, 0.6) is 11.5 Å². The fraction of sp³-hybridized carbons (Fsp3) is 0.400. The number of nitrogens with two attached hydrogens (primary N) is 1. The van der Waals surface area contributed by atoms with Gasteiger partial charge in [0.1, 0.15) is 18.3 Å². The number of primary amides is 1. The second-order valence-electron chi connectivity index (χ2n) is 16.3. The van der Waals surface area contributed by atoms with Crippen molar-refractivity contribution in [3.8, 4) is 11.5 Å². The minimum absolute atomic E-state index is 0.203. The van der Waals surface area contributed by atoms with E-state index >= 15 is 0 Å². The molecule has 0 radical (unpaired) electrons. The molecule has 1 aliphatic heterocycles. The van der Waals surface area contributed by atoms with Gasteiger partial charge in [0.15, 0.2) is 11.5 Å². The second kappa shape index (κ2) is 18.2. The molecule has 2 N–H and O–H groups in total. The number of rotatable bonds is 15. The quantitative estimate of drug-likeness (QED) is 0.141. The number of nitrogens with zero attached hydrogens (tertiary/aromatic N) is 2. The summed E-state index contributed by atoms with van der Waals surface area (Å²) in [4.78, 5) is 44.8. The molecule has 5 rings (SSSR count). The Labute approximate surface area is 333 Å². The molecule has 0 saturated carbocycles. The SMILES string of the molecule is CCOc1ccccc1OCCN(C(=O)OC(C)(C)C)C(C)Cc1cc2c(c(C(N)=O)c1)N(C(=O)C(O[SiH](c1ccccc1)c1ccccc1)C(C)(C)C)CC2. The van der Waals surface area contributed by atoms with Crippen LogP contribution in [0, 0.1) is 5.41 Å². The van der Waals surface area contributed by atoms with Crippen LogP contribution < -0.4 is 30.5 Å².